The number of nitrogens with zero attached hydrogens (tertiary/aromatic N) is 4. The number of nitrogens with one attached hydrogen (secondary N) is 1. The number of rotatable bonds is 5. The lowest BCUT2D eigenvalue weighted by Crippen LogP contribution is -2.15. The molecule has 0 saturated heterocycles. The van der Waals surface area contributed by atoms with Crippen molar-refractivity contribution in [1.82, 2.24) is 19.6 Å². The largest absolute Gasteiger partial charge is 0.322 e. The molecule has 0 atom stereocenters. The Hall–Kier alpha value is -3.67. The fourth-order valence-electron chi connectivity index (χ4n) is 3.21. The Morgan fingerprint density at radius 3 is 2.57 bits per heavy atom. The van der Waals surface area contributed by atoms with E-state index in [2.05, 4.69) is 15.5 Å². The molecule has 0 aliphatic carbocycles. The van der Waals surface area contributed by atoms with Crippen molar-refractivity contribution in [2.45, 2.75) is 20.4 Å². The summed E-state index contributed by atoms with van der Waals surface area (Å²) in [4.78, 5) is 12.9. The first kappa shape index (κ1) is 17.7. The third-order valence-electron chi connectivity index (χ3n) is 4.76. The molecule has 0 saturated carbocycles. The number of aromatic nitrogens is 4. The fraction of sp³-hybridized carbons (Fsp3) is 0.136. The maximum Gasteiger partial charge on any atom is 0.259 e. The van der Waals surface area contributed by atoms with Crippen molar-refractivity contribution in [3.63, 3.8) is 0 Å². The van der Waals surface area contributed by atoms with Crippen LogP contribution in [0.4, 0.5) is 5.69 Å². The summed E-state index contributed by atoms with van der Waals surface area (Å²) in [6, 6.07) is 17.6. The molecule has 1 N–H and O–H groups in total. The van der Waals surface area contributed by atoms with E-state index in [1.54, 1.807) is 17.1 Å². The lowest BCUT2D eigenvalue weighted by Gasteiger charge is -2.12. The van der Waals surface area contributed by atoms with Gasteiger partial charge in [-0.25, -0.2) is 4.68 Å². The van der Waals surface area contributed by atoms with E-state index in [4.69, 9.17) is 0 Å². The predicted molar refractivity (Wildman–Crippen MR) is 109 cm³/mol. The molecular formula is C22H21N5O. The van der Waals surface area contributed by atoms with E-state index in [1.165, 1.54) is 0 Å². The maximum atomic E-state index is 12.9. The zero-order valence-electron chi connectivity index (χ0n) is 15.8. The monoisotopic (exact) mass is 371 g/mol. The zero-order chi connectivity index (χ0) is 19.5. The van der Waals surface area contributed by atoms with Gasteiger partial charge in [0.05, 0.1) is 29.7 Å². The third-order valence-corrected chi connectivity index (χ3v) is 4.76. The summed E-state index contributed by atoms with van der Waals surface area (Å²) in [5, 5.41) is 11.7. The summed E-state index contributed by atoms with van der Waals surface area (Å²) in [7, 11) is 0. The van der Waals surface area contributed by atoms with Gasteiger partial charge in [-0.15, -0.1) is 0 Å². The van der Waals surface area contributed by atoms with Crippen molar-refractivity contribution in [3.05, 3.63) is 95.6 Å². The summed E-state index contributed by atoms with van der Waals surface area (Å²) in [5.41, 5.74) is 5.19. The molecule has 0 bridgehead atoms. The highest BCUT2D eigenvalue weighted by molar-refractivity contribution is 6.05. The van der Waals surface area contributed by atoms with Crippen molar-refractivity contribution in [2.75, 3.05) is 5.32 Å². The molecule has 2 aromatic carbocycles. The van der Waals surface area contributed by atoms with Crippen LogP contribution in [0.25, 0.3) is 5.69 Å². The summed E-state index contributed by atoms with van der Waals surface area (Å²) < 4.78 is 3.63. The van der Waals surface area contributed by atoms with Crippen molar-refractivity contribution in [3.8, 4) is 5.69 Å². The van der Waals surface area contributed by atoms with Crippen LogP contribution in [0.15, 0.2) is 73.2 Å². The predicted octanol–water partition coefficient (Wildman–Crippen LogP) is 3.99. The van der Waals surface area contributed by atoms with Gasteiger partial charge in [0.2, 0.25) is 0 Å². The van der Waals surface area contributed by atoms with Gasteiger partial charge in [0.1, 0.15) is 0 Å². The van der Waals surface area contributed by atoms with Crippen LogP contribution in [-0.2, 0) is 6.54 Å². The first-order chi connectivity index (χ1) is 13.6. The Morgan fingerprint density at radius 1 is 1.00 bits per heavy atom. The molecule has 1 amide bonds. The molecule has 28 heavy (non-hydrogen) atoms. The van der Waals surface area contributed by atoms with E-state index >= 15 is 0 Å². The van der Waals surface area contributed by atoms with Crippen LogP contribution in [0.2, 0.25) is 0 Å². The van der Waals surface area contributed by atoms with E-state index in [1.807, 2.05) is 79.3 Å². The summed E-state index contributed by atoms with van der Waals surface area (Å²) >= 11 is 0. The number of amides is 1. The van der Waals surface area contributed by atoms with E-state index in [0.717, 1.165) is 28.2 Å². The lowest BCUT2D eigenvalue weighted by atomic mass is 10.1. The van der Waals surface area contributed by atoms with E-state index in [0.29, 0.717) is 12.1 Å². The van der Waals surface area contributed by atoms with Gasteiger partial charge in [-0.1, -0.05) is 36.4 Å². The highest BCUT2D eigenvalue weighted by Gasteiger charge is 2.17. The van der Waals surface area contributed by atoms with Gasteiger partial charge >= 0.3 is 0 Å². The highest BCUT2D eigenvalue weighted by Crippen LogP contribution is 2.21. The van der Waals surface area contributed by atoms with Gasteiger partial charge in [-0.05, 0) is 43.2 Å². The summed E-state index contributed by atoms with van der Waals surface area (Å²) in [6.45, 7) is 4.52. The van der Waals surface area contributed by atoms with Crippen LogP contribution in [0.5, 0.6) is 0 Å². The zero-order valence-corrected chi connectivity index (χ0v) is 15.8. The number of carbonyl (C=O) groups excluding carboxylic acids is 1. The van der Waals surface area contributed by atoms with E-state index in [-0.39, 0.29) is 5.91 Å². The molecule has 0 radical (unpaired) electrons. The number of para-hydroxylation sites is 2. The van der Waals surface area contributed by atoms with Crippen molar-refractivity contribution in [1.29, 1.82) is 0 Å². The normalized spacial score (nSPS) is 10.8. The van der Waals surface area contributed by atoms with Gasteiger partial charge in [-0.3, -0.25) is 9.48 Å². The van der Waals surface area contributed by atoms with Crippen LogP contribution in [0.1, 0.15) is 27.2 Å². The second kappa shape index (κ2) is 7.52. The van der Waals surface area contributed by atoms with Crippen LogP contribution in [-0.4, -0.2) is 25.5 Å². The SMILES string of the molecule is Cc1ccccc1-n1ncc(C(=O)Nc2ccccc2Cn2cccn2)c1C. The maximum absolute atomic E-state index is 12.9. The average molecular weight is 371 g/mol. The average Bonchev–Trinajstić information content (AvgIpc) is 3.33. The minimum absolute atomic E-state index is 0.176. The van der Waals surface area contributed by atoms with Crippen molar-refractivity contribution < 1.29 is 4.79 Å². The number of benzene rings is 2. The number of hydrogen-bond acceptors (Lipinski definition) is 3. The van der Waals surface area contributed by atoms with Gasteiger partial charge < -0.3 is 5.32 Å². The van der Waals surface area contributed by atoms with Crippen LogP contribution >= 0.6 is 0 Å². The Kier molecular flexibility index (Phi) is 4.76. The molecule has 0 aliphatic heterocycles. The molecule has 0 aliphatic rings. The second-order valence-electron chi connectivity index (χ2n) is 6.66. The number of hydrogen-bond donors (Lipinski definition) is 1. The number of carbonyl (C=O) groups is 1. The molecule has 140 valence electrons. The van der Waals surface area contributed by atoms with Crippen molar-refractivity contribution >= 4 is 11.6 Å². The molecular weight excluding hydrogens is 350 g/mol. The quantitative estimate of drug-likeness (QED) is 0.577. The molecule has 0 spiro atoms. The summed E-state index contributed by atoms with van der Waals surface area (Å²) in [6.07, 6.45) is 5.26. The topological polar surface area (TPSA) is 64.7 Å². The lowest BCUT2D eigenvalue weighted by molar-refractivity contribution is 0.102. The fourth-order valence-corrected chi connectivity index (χ4v) is 3.21. The van der Waals surface area contributed by atoms with Crippen molar-refractivity contribution in [2.24, 2.45) is 0 Å². The summed E-state index contributed by atoms with van der Waals surface area (Å²) in [5.74, 6) is -0.176. The molecule has 4 aromatic rings. The molecule has 6 heteroatoms. The first-order valence-corrected chi connectivity index (χ1v) is 9.11. The first-order valence-electron chi connectivity index (χ1n) is 9.11. The Labute approximate surface area is 163 Å². The molecule has 0 unspecified atom stereocenters. The minimum Gasteiger partial charge on any atom is -0.322 e. The van der Waals surface area contributed by atoms with E-state index < -0.39 is 0 Å². The molecule has 2 aromatic heterocycles. The van der Waals surface area contributed by atoms with Gasteiger partial charge in [0.25, 0.3) is 5.91 Å². The number of aryl methyl sites for hydroxylation is 1. The Bertz CT molecular complexity index is 1110. The minimum atomic E-state index is -0.176. The molecule has 6 nitrogen and oxygen atoms in total. The molecule has 2 heterocycles. The Morgan fingerprint density at radius 2 is 1.79 bits per heavy atom. The standard InChI is InChI=1S/C22H21N5O/c1-16-8-3-6-11-21(16)27-17(2)19(14-24-27)22(28)25-20-10-5-4-9-18(20)15-26-13-7-12-23-26/h3-14H,15H2,1-2H3,(H,25,28). The van der Waals surface area contributed by atoms with Gasteiger partial charge in [0.15, 0.2) is 0 Å². The second-order valence-corrected chi connectivity index (χ2v) is 6.66. The third kappa shape index (κ3) is 3.44. The highest BCUT2D eigenvalue weighted by atomic mass is 16.1. The Balaban J connectivity index is 1.60. The van der Waals surface area contributed by atoms with Gasteiger partial charge in [0, 0.05) is 18.1 Å². The van der Waals surface area contributed by atoms with E-state index in [9.17, 15) is 4.79 Å². The smallest absolute Gasteiger partial charge is 0.259 e. The van der Waals surface area contributed by atoms with Crippen LogP contribution < -0.4 is 5.32 Å². The molecule has 0 fully saturated rings. The van der Waals surface area contributed by atoms with Crippen LogP contribution in [0.3, 0.4) is 0 Å². The molecule has 4 rings (SSSR count). The van der Waals surface area contributed by atoms with Gasteiger partial charge in [-0.2, -0.15) is 10.2 Å². The number of anilines is 1. The van der Waals surface area contributed by atoms with Crippen LogP contribution in [0, 0.1) is 13.8 Å².